The fraction of sp³-hybridized carbons (Fsp3) is 0.200. The van der Waals surface area contributed by atoms with Gasteiger partial charge in [-0.05, 0) is 19.1 Å². The van der Waals surface area contributed by atoms with E-state index in [0.717, 1.165) is 0 Å². The number of esters is 1. The molecule has 0 fully saturated rings. The van der Waals surface area contributed by atoms with Crippen LogP contribution < -0.4 is 10.5 Å². The number of benzene rings is 1. The van der Waals surface area contributed by atoms with E-state index in [1.807, 2.05) is 13.0 Å². The maximum absolute atomic E-state index is 12.0. The molecular formula is C15H14ClN3O3. The fourth-order valence-corrected chi connectivity index (χ4v) is 2.30. The predicted octanol–water partition coefficient (Wildman–Crippen LogP) is 2.77. The molecule has 114 valence electrons. The van der Waals surface area contributed by atoms with Crippen LogP contribution in [0.15, 0.2) is 24.4 Å². The first-order valence-corrected chi connectivity index (χ1v) is 6.83. The number of methoxy groups -OCH3 is 1. The lowest BCUT2D eigenvalue weighted by Crippen LogP contribution is -2.12. The third-order valence-electron chi connectivity index (χ3n) is 3.04. The molecule has 7 heteroatoms. The molecule has 1 heterocycles. The number of rotatable bonds is 4. The SMILES string of the molecule is CCOc1c(Cl)cccc1-n1cc(C#N)c(N)c1C(=O)OC. The van der Waals surface area contributed by atoms with Gasteiger partial charge in [0.15, 0.2) is 11.4 Å². The number of carbonyl (C=O) groups excluding carboxylic acids is 1. The zero-order chi connectivity index (χ0) is 16.3. The molecule has 0 saturated carbocycles. The van der Waals surface area contributed by atoms with E-state index < -0.39 is 5.97 Å². The highest BCUT2D eigenvalue weighted by molar-refractivity contribution is 6.32. The molecule has 0 spiro atoms. The Hall–Kier alpha value is -2.65. The summed E-state index contributed by atoms with van der Waals surface area (Å²) in [5.74, 6) is -0.252. The number of para-hydroxylation sites is 1. The van der Waals surface area contributed by atoms with E-state index in [4.69, 9.17) is 32.1 Å². The number of nitrogens with two attached hydrogens (primary N) is 1. The van der Waals surface area contributed by atoms with E-state index in [0.29, 0.717) is 23.1 Å². The summed E-state index contributed by atoms with van der Waals surface area (Å²) in [6, 6.07) is 7.04. The van der Waals surface area contributed by atoms with Gasteiger partial charge < -0.3 is 19.8 Å². The zero-order valence-electron chi connectivity index (χ0n) is 12.1. The van der Waals surface area contributed by atoms with E-state index in [1.165, 1.54) is 17.9 Å². The molecule has 2 N–H and O–H groups in total. The summed E-state index contributed by atoms with van der Waals surface area (Å²) in [7, 11) is 1.24. The molecule has 0 aliphatic carbocycles. The van der Waals surface area contributed by atoms with Crippen molar-refractivity contribution in [3.05, 3.63) is 40.7 Å². The van der Waals surface area contributed by atoms with E-state index in [9.17, 15) is 4.79 Å². The Kier molecular flexibility index (Phi) is 4.59. The molecule has 0 aliphatic rings. The Morgan fingerprint density at radius 3 is 2.82 bits per heavy atom. The summed E-state index contributed by atoms with van der Waals surface area (Å²) < 4.78 is 11.7. The molecule has 6 nitrogen and oxygen atoms in total. The Morgan fingerprint density at radius 1 is 1.50 bits per heavy atom. The number of aromatic nitrogens is 1. The number of nitriles is 1. The maximum atomic E-state index is 12.0. The number of anilines is 1. The molecule has 1 aromatic heterocycles. The smallest absolute Gasteiger partial charge is 0.357 e. The van der Waals surface area contributed by atoms with Gasteiger partial charge in [0.1, 0.15) is 6.07 Å². The van der Waals surface area contributed by atoms with Gasteiger partial charge in [0.2, 0.25) is 0 Å². The Morgan fingerprint density at radius 2 is 2.23 bits per heavy atom. The summed E-state index contributed by atoms with van der Waals surface area (Å²) in [5.41, 5.74) is 6.65. The average Bonchev–Trinajstić information content (AvgIpc) is 2.85. The van der Waals surface area contributed by atoms with Crippen molar-refractivity contribution in [2.75, 3.05) is 19.5 Å². The van der Waals surface area contributed by atoms with Crippen molar-refractivity contribution in [3.63, 3.8) is 0 Å². The molecule has 0 atom stereocenters. The Labute approximate surface area is 132 Å². The molecule has 22 heavy (non-hydrogen) atoms. The van der Waals surface area contributed by atoms with Crippen LogP contribution >= 0.6 is 11.6 Å². The van der Waals surface area contributed by atoms with Crippen LogP contribution in [0, 0.1) is 11.3 Å². The molecular weight excluding hydrogens is 306 g/mol. The number of ether oxygens (including phenoxy) is 2. The second-order valence-electron chi connectivity index (χ2n) is 4.30. The summed E-state index contributed by atoms with van der Waals surface area (Å²) >= 11 is 6.15. The monoisotopic (exact) mass is 319 g/mol. The first-order valence-electron chi connectivity index (χ1n) is 6.46. The Balaban J connectivity index is 2.76. The number of hydrogen-bond acceptors (Lipinski definition) is 5. The standard InChI is InChI=1S/C15H14ClN3O3/c1-3-22-14-10(16)5-4-6-11(14)19-8-9(7-17)12(18)13(19)15(20)21-2/h4-6,8H,3,18H2,1-2H3. The normalized spacial score (nSPS) is 10.1. The highest BCUT2D eigenvalue weighted by Gasteiger charge is 2.23. The average molecular weight is 320 g/mol. The second-order valence-corrected chi connectivity index (χ2v) is 4.71. The number of carbonyl (C=O) groups is 1. The largest absolute Gasteiger partial charge is 0.490 e. The van der Waals surface area contributed by atoms with Gasteiger partial charge in [-0.25, -0.2) is 4.79 Å². The van der Waals surface area contributed by atoms with Gasteiger partial charge in [-0.15, -0.1) is 0 Å². The van der Waals surface area contributed by atoms with Gasteiger partial charge in [-0.3, -0.25) is 0 Å². The quantitative estimate of drug-likeness (QED) is 0.875. The van der Waals surface area contributed by atoms with Gasteiger partial charge in [-0.1, -0.05) is 17.7 Å². The minimum Gasteiger partial charge on any atom is -0.490 e. The molecule has 2 rings (SSSR count). The van der Waals surface area contributed by atoms with Crippen LogP contribution in [0.5, 0.6) is 5.75 Å². The lowest BCUT2D eigenvalue weighted by molar-refractivity contribution is 0.0593. The summed E-state index contributed by atoms with van der Waals surface area (Å²) in [6.07, 6.45) is 1.45. The second kappa shape index (κ2) is 6.41. The van der Waals surface area contributed by atoms with Crippen molar-refractivity contribution in [2.45, 2.75) is 6.92 Å². The van der Waals surface area contributed by atoms with Gasteiger partial charge in [0, 0.05) is 6.20 Å². The summed E-state index contributed by atoms with van der Waals surface area (Å²) in [5, 5.41) is 9.52. The van der Waals surface area contributed by atoms with Crippen molar-refractivity contribution in [3.8, 4) is 17.5 Å². The summed E-state index contributed by atoms with van der Waals surface area (Å²) in [6.45, 7) is 2.21. The van der Waals surface area contributed by atoms with Crippen molar-refractivity contribution >= 4 is 23.3 Å². The summed E-state index contributed by atoms with van der Waals surface area (Å²) in [4.78, 5) is 12.0. The molecule has 0 bridgehead atoms. The predicted molar refractivity (Wildman–Crippen MR) is 82.4 cm³/mol. The molecule has 0 unspecified atom stereocenters. The highest BCUT2D eigenvalue weighted by atomic mass is 35.5. The minimum atomic E-state index is -0.651. The lowest BCUT2D eigenvalue weighted by atomic mass is 10.2. The van der Waals surface area contributed by atoms with Crippen LogP contribution in [0.3, 0.4) is 0 Å². The van der Waals surface area contributed by atoms with Crippen molar-refractivity contribution < 1.29 is 14.3 Å². The number of nitrogen functional groups attached to an aromatic ring is 1. The van der Waals surface area contributed by atoms with Crippen LogP contribution in [-0.4, -0.2) is 24.3 Å². The van der Waals surface area contributed by atoms with Gasteiger partial charge in [0.05, 0.1) is 35.7 Å². The van der Waals surface area contributed by atoms with Crippen LogP contribution in [-0.2, 0) is 4.74 Å². The molecule has 0 aliphatic heterocycles. The Bertz CT molecular complexity index is 762. The van der Waals surface area contributed by atoms with E-state index in [1.54, 1.807) is 18.2 Å². The zero-order valence-corrected chi connectivity index (χ0v) is 12.8. The third kappa shape index (κ3) is 2.59. The topological polar surface area (TPSA) is 90.3 Å². The molecule has 0 radical (unpaired) electrons. The fourth-order valence-electron chi connectivity index (χ4n) is 2.08. The molecule has 2 aromatic rings. The number of nitrogens with zero attached hydrogens (tertiary/aromatic N) is 2. The third-order valence-corrected chi connectivity index (χ3v) is 3.34. The van der Waals surface area contributed by atoms with Crippen molar-refractivity contribution in [2.24, 2.45) is 0 Å². The van der Waals surface area contributed by atoms with Gasteiger partial charge in [0.25, 0.3) is 0 Å². The van der Waals surface area contributed by atoms with Gasteiger partial charge >= 0.3 is 5.97 Å². The van der Waals surface area contributed by atoms with Crippen LogP contribution in [0.2, 0.25) is 5.02 Å². The number of hydrogen-bond donors (Lipinski definition) is 1. The van der Waals surface area contributed by atoms with E-state index in [2.05, 4.69) is 0 Å². The minimum absolute atomic E-state index is 0.0526. The van der Waals surface area contributed by atoms with Crippen LogP contribution in [0.4, 0.5) is 5.69 Å². The maximum Gasteiger partial charge on any atom is 0.357 e. The molecule has 0 amide bonds. The van der Waals surface area contributed by atoms with Crippen molar-refractivity contribution in [1.82, 2.24) is 4.57 Å². The van der Waals surface area contributed by atoms with Crippen LogP contribution in [0.25, 0.3) is 5.69 Å². The lowest BCUT2D eigenvalue weighted by Gasteiger charge is -2.14. The van der Waals surface area contributed by atoms with E-state index >= 15 is 0 Å². The number of halogens is 1. The highest BCUT2D eigenvalue weighted by Crippen LogP contribution is 2.34. The molecule has 1 aromatic carbocycles. The first-order chi connectivity index (χ1) is 10.5. The van der Waals surface area contributed by atoms with Gasteiger partial charge in [-0.2, -0.15) is 5.26 Å². The first kappa shape index (κ1) is 15.7. The van der Waals surface area contributed by atoms with Crippen LogP contribution in [0.1, 0.15) is 23.0 Å². The van der Waals surface area contributed by atoms with Crippen molar-refractivity contribution in [1.29, 1.82) is 5.26 Å². The molecule has 0 saturated heterocycles. The van der Waals surface area contributed by atoms with E-state index in [-0.39, 0.29) is 16.9 Å².